The zero-order valence-corrected chi connectivity index (χ0v) is 17.6. The molecule has 9 nitrogen and oxygen atoms in total. The van der Waals surface area contributed by atoms with E-state index in [1.807, 2.05) is 6.92 Å². The number of carbonyl (C=O) groups excluding carboxylic acids is 1. The van der Waals surface area contributed by atoms with Gasteiger partial charge in [-0.3, -0.25) is 0 Å². The molecule has 0 saturated carbocycles. The maximum atomic E-state index is 12.9. The van der Waals surface area contributed by atoms with Crippen LogP contribution in [0.4, 0.5) is 4.79 Å². The van der Waals surface area contributed by atoms with Gasteiger partial charge in [-0.2, -0.15) is 4.31 Å². The predicted molar refractivity (Wildman–Crippen MR) is 107 cm³/mol. The van der Waals surface area contributed by atoms with Crippen LogP contribution in [0.15, 0.2) is 29.2 Å². The number of urea groups is 1. The average Bonchev–Trinajstić information content (AvgIpc) is 2.77. The first kappa shape index (κ1) is 21.8. The second-order valence-corrected chi connectivity index (χ2v) is 8.73. The first-order valence-electron chi connectivity index (χ1n) is 9.94. The summed E-state index contributed by atoms with van der Waals surface area (Å²) in [5, 5.41) is 0. The third kappa shape index (κ3) is 5.59. The van der Waals surface area contributed by atoms with Crippen molar-refractivity contribution < 1.29 is 27.4 Å². The van der Waals surface area contributed by atoms with Crippen LogP contribution in [0.1, 0.15) is 6.92 Å². The third-order valence-electron chi connectivity index (χ3n) is 4.95. The Morgan fingerprint density at radius 1 is 0.966 bits per heavy atom. The summed E-state index contributed by atoms with van der Waals surface area (Å²) < 4.78 is 43.3. The minimum Gasteiger partial charge on any atom is -0.491 e. The molecular weight excluding hydrogens is 398 g/mol. The highest BCUT2D eigenvalue weighted by molar-refractivity contribution is 7.89. The Morgan fingerprint density at radius 3 is 2.21 bits per heavy atom. The molecule has 2 fully saturated rings. The van der Waals surface area contributed by atoms with E-state index in [4.69, 9.17) is 14.2 Å². The number of piperazine rings is 1. The van der Waals surface area contributed by atoms with E-state index in [9.17, 15) is 13.2 Å². The second kappa shape index (κ2) is 10.2. The number of nitrogens with zero attached hydrogens (tertiary/aromatic N) is 3. The molecule has 0 atom stereocenters. The largest absolute Gasteiger partial charge is 0.491 e. The van der Waals surface area contributed by atoms with Gasteiger partial charge in [-0.05, 0) is 31.2 Å². The van der Waals surface area contributed by atoms with E-state index in [-0.39, 0.29) is 24.0 Å². The van der Waals surface area contributed by atoms with Crippen LogP contribution in [0.2, 0.25) is 0 Å². The molecule has 162 valence electrons. The van der Waals surface area contributed by atoms with Crippen molar-refractivity contribution in [2.75, 3.05) is 72.3 Å². The fourth-order valence-electron chi connectivity index (χ4n) is 3.29. The quantitative estimate of drug-likeness (QED) is 0.600. The molecule has 2 heterocycles. The molecular formula is C19H29N3O6S. The molecule has 2 aliphatic rings. The molecule has 0 aliphatic carbocycles. The van der Waals surface area contributed by atoms with Crippen molar-refractivity contribution in [3.63, 3.8) is 0 Å². The van der Waals surface area contributed by atoms with E-state index >= 15 is 0 Å². The molecule has 1 aromatic rings. The van der Waals surface area contributed by atoms with Crippen molar-refractivity contribution >= 4 is 16.1 Å². The molecule has 2 aliphatic heterocycles. The number of ether oxygens (including phenoxy) is 3. The number of amides is 2. The van der Waals surface area contributed by atoms with Crippen LogP contribution in [0, 0.1) is 0 Å². The van der Waals surface area contributed by atoms with Gasteiger partial charge in [-0.25, -0.2) is 13.2 Å². The van der Waals surface area contributed by atoms with E-state index in [1.165, 1.54) is 4.31 Å². The fourth-order valence-corrected chi connectivity index (χ4v) is 4.72. The van der Waals surface area contributed by atoms with Crippen LogP contribution in [0.5, 0.6) is 5.75 Å². The Bertz CT molecular complexity index is 757. The number of morpholine rings is 1. The smallest absolute Gasteiger partial charge is 0.320 e. The summed E-state index contributed by atoms with van der Waals surface area (Å²) in [7, 11) is -3.60. The van der Waals surface area contributed by atoms with Crippen LogP contribution < -0.4 is 4.74 Å². The fraction of sp³-hybridized carbons (Fsp3) is 0.632. The second-order valence-electron chi connectivity index (χ2n) is 6.79. The summed E-state index contributed by atoms with van der Waals surface area (Å²) in [5.41, 5.74) is 0. The van der Waals surface area contributed by atoms with Gasteiger partial charge in [0, 0.05) is 45.9 Å². The van der Waals surface area contributed by atoms with Crippen molar-refractivity contribution in [2.24, 2.45) is 0 Å². The maximum Gasteiger partial charge on any atom is 0.320 e. The average molecular weight is 428 g/mol. The lowest BCUT2D eigenvalue weighted by Gasteiger charge is -2.38. The number of sulfonamides is 1. The van der Waals surface area contributed by atoms with Crippen molar-refractivity contribution in [3.8, 4) is 5.75 Å². The molecule has 0 unspecified atom stereocenters. The summed E-state index contributed by atoms with van der Waals surface area (Å²) in [4.78, 5) is 16.3. The van der Waals surface area contributed by atoms with E-state index in [1.54, 1.807) is 34.1 Å². The molecule has 0 bridgehead atoms. The van der Waals surface area contributed by atoms with Gasteiger partial charge in [0.15, 0.2) is 0 Å². The lowest BCUT2D eigenvalue weighted by Crippen LogP contribution is -2.55. The molecule has 2 amide bonds. The number of hydrogen-bond donors (Lipinski definition) is 0. The van der Waals surface area contributed by atoms with Crippen LogP contribution in [-0.2, 0) is 19.5 Å². The molecule has 0 spiro atoms. The van der Waals surface area contributed by atoms with Crippen molar-refractivity contribution in [1.29, 1.82) is 0 Å². The normalized spacial score (nSPS) is 18.7. The number of benzene rings is 1. The summed E-state index contributed by atoms with van der Waals surface area (Å²) >= 11 is 0. The minimum absolute atomic E-state index is 0.0427. The van der Waals surface area contributed by atoms with Crippen molar-refractivity contribution in [2.45, 2.75) is 11.8 Å². The van der Waals surface area contributed by atoms with Gasteiger partial charge >= 0.3 is 6.03 Å². The Morgan fingerprint density at radius 2 is 1.59 bits per heavy atom. The highest BCUT2D eigenvalue weighted by Crippen LogP contribution is 2.21. The first-order chi connectivity index (χ1) is 14.0. The lowest BCUT2D eigenvalue weighted by molar-refractivity contribution is 0.0405. The summed E-state index contributed by atoms with van der Waals surface area (Å²) in [6.07, 6.45) is 0. The Kier molecular flexibility index (Phi) is 7.70. The maximum absolute atomic E-state index is 12.9. The molecule has 29 heavy (non-hydrogen) atoms. The van der Waals surface area contributed by atoms with Gasteiger partial charge in [0.1, 0.15) is 12.4 Å². The van der Waals surface area contributed by atoms with Gasteiger partial charge in [0.25, 0.3) is 0 Å². The van der Waals surface area contributed by atoms with E-state index < -0.39 is 10.0 Å². The number of hydrogen-bond acceptors (Lipinski definition) is 6. The monoisotopic (exact) mass is 427 g/mol. The van der Waals surface area contributed by atoms with Crippen molar-refractivity contribution in [1.82, 2.24) is 14.1 Å². The number of carbonyl (C=O) groups is 1. The van der Waals surface area contributed by atoms with E-state index in [2.05, 4.69) is 0 Å². The van der Waals surface area contributed by atoms with Crippen LogP contribution in [-0.4, -0.2) is 101 Å². The molecule has 0 radical (unpaired) electrons. The standard InChI is InChI=1S/C19H29N3O6S/c1-2-26-15-16-28-17-3-5-18(6-4-17)29(24,25)22-9-7-20(8-10-22)19(23)21-11-13-27-14-12-21/h3-6H,2,7-16H2,1H3. The first-order valence-corrected chi connectivity index (χ1v) is 11.4. The molecule has 0 aromatic heterocycles. The Hall–Kier alpha value is -1.88. The Balaban J connectivity index is 1.53. The SMILES string of the molecule is CCOCCOc1ccc(S(=O)(=O)N2CCN(C(=O)N3CCOCC3)CC2)cc1. The zero-order valence-electron chi connectivity index (χ0n) is 16.8. The van der Waals surface area contributed by atoms with E-state index in [0.29, 0.717) is 65.0 Å². The van der Waals surface area contributed by atoms with E-state index in [0.717, 1.165) is 0 Å². The highest BCUT2D eigenvalue weighted by Gasteiger charge is 2.32. The predicted octanol–water partition coefficient (Wildman–Crippen LogP) is 0.860. The number of rotatable bonds is 7. The van der Waals surface area contributed by atoms with Gasteiger partial charge in [0.2, 0.25) is 10.0 Å². The summed E-state index contributed by atoms with van der Waals surface area (Å²) in [5.74, 6) is 0.601. The minimum atomic E-state index is -3.60. The van der Waals surface area contributed by atoms with Gasteiger partial charge in [-0.15, -0.1) is 0 Å². The van der Waals surface area contributed by atoms with Crippen molar-refractivity contribution in [3.05, 3.63) is 24.3 Å². The van der Waals surface area contributed by atoms with Gasteiger partial charge in [0.05, 0.1) is 24.7 Å². The van der Waals surface area contributed by atoms with Crippen LogP contribution in [0.3, 0.4) is 0 Å². The van der Waals surface area contributed by atoms with Gasteiger partial charge in [-0.1, -0.05) is 0 Å². The van der Waals surface area contributed by atoms with Crippen LogP contribution >= 0.6 is 0 Å². The lowest BCUT2D eigenvalue weighted by atomic mass is 10.3. The van der Waals surface area contributed by atoms with Crippen LogP contribution in [0.25, 0.3) is 0 Å². The highest BCUT2D eigenvalue weighted by atomic mass is 32.2. The Labute approximate surface area is 172 Å². The zero-order chi connectivity index (χ0) is 20.7. The molecule has 2 saturated heterocycles. The molecule has 0 N–H and O–H groups in total. The molecule has 10 heteroatoms. The summed E-state index contributed by atoms with van der Waals surface area (Å²) in [6.45, 7) is 7.04. The molecule has 3 rings (SSSR count). The molecule has 1 aromatic carbocycles. The third-order valence-corrected chi connectivity index (χ3v) is 6.87. The summed E-state index contributed by atoms with van der Waals surface area (Å²) in [6, 6.07) is 6.36. The topological polar surface area (TPSA) is 88.6 Å². The van der Waals surface area contributed by atoms with Gasteiger partial charge < -0.3 is 24.0 Å².